The molecule has 2 aromatic rings. The van der Waals surface area contributed by atoms with Gasteiger partial charge in [-0.2, -0.15) is 0 Å². The highest BCUT2D eigenvalue weighted by Crippen LogP contribution is 2.36. The van der Waals surface area contributed by atoms with Gasteiger partial charge in [0.2, 0.25) is 0 Å². The van der Waals surface area contributed by atoms with Gasteiger partial charge in [-0.25, -0.2) is 4.39 Å². The maximum Gasteiger partial charge on any atom is 0.141 e. The first-order valence-corrected chi connectivity index (χ1v) is 8.13. The lowest BCUT2D eigenvalue weighted by atomic mass is 10.0. The number of rotatable bonds is 4. The summed E-state index contributed by atoms with van der Waals surface area (Å²) in [6, 6.07) is 10.6. The smallest absolute Gasteiger partial charge is 0.141 e. The Bertz CT molecular complexity index is 619. The van der Waals surface area contributed by atoms with Crippen molar-refractivity contribution in [3.63, 3.8) is 0 Å². The summed E-state index contributed by atoms with van der Waals surface area (Å²) in [6.45, 7) is 2.55. The van der Waals surface area contributed by atoms with Crippen molar-refractivity contribution < 1.29 is 9.13 Å². The first-order chi connectivity index (χ1) is 9.52. The van der Waals surface area contributed by atoms with Gasteiger partial charge in [0, 0.05) is 0 Å². The van der Waals surface area contributed by atoms with Crippen molar-refractivity contribution in [1.29, 1.82) is 0 Å². The summed E-state index contributed by atoms with van der Waals surface area (Å²) in [6.07, 6.45) is 0. The van der Waals surface area contributed by atoms with Crippen LogP contribution >= 0.6 is 43.5 Å². The second-order valence-corrected chi connectivity index (χ2v) is 6.34. The second kappa shape index (κ2) is 6.92. The standard InChI is InChI=1S/C15H12Br2ClFO/c1-2-20-14-6-4-9(7-11(14)16)15(17)10-3-5-13(19)12(18)8-10/h3-8,15H,2H2,1H3. The average Bonchev–Trinajstić information content (AvgIpc) is 2.43. The molecule has 2 rings (SSSR count). The number of halogens is 4. The molecule has 0 aliphatic heterocycles. The van der Waals surface area contributed by atoms with E-state index in [-0.39, 0.29) is 9.85 Å². The minimum absolute atomic E-state index is 0.0624. The maximum atomic E-state index is 13.2. The van der Waals surface area contributed by atoms with E-state index in [1.54, 1.807) is 12.1 Å². The van der Waals surface area contributed by atoms with Crippen LogP contribution in [0.5, 0.6) is 5.75 Å². The van der Waals surface area contributed by atoms with Crippen LogP contribution in [0.3, 0.4) is 0 Å². The van der Waals surface area contributed by atoms with Crippen molar-refractivity contribution in [2.75, 3.05) is 6.61 Å². The van der Waals surface area contributed by atoms with Gasteiger partial charge >= 0.3 is 0 Å². The Kier molecular flexibility index (Phi) is 5.47. The molecule has 0 spiro atoms. The van der Waals surface area contributed by atoms with Crippen LogP contribution in [0.1, 0.15) is 22.9 Å². The highest BCUT2D eigenvalue weighted by molar-refractivity contribution is 9.10. The lowest BCUT2D eigenvalue weighted by molar-refractivity contribution is 0.338. The summed E-state index contributed by atoms with van der Waals surface area (Å²) in [5.41, 5.74) is 1.93. The molecule has 0 aromatic heterocycles. The zero-order valence-corrected chi connectivity index (χ0v) is 14.6. The fourth-order valence-electron chi connectivity index (χ4n) is 1.81. The summed E-state index contributed by atoms with van der Waals surface area (Å²) in [4.78, 5) is -0.0624. The minimum atomic E-state index is -0.414. The predicted molar refractivity (Wildman–Crippen MR) is 87.5 cm³/mol. The summed E-state index contributed by atoms with van der Waals surface area (Å²) in [5.74, 6) is 0.385. The zero-order chi connectivity index (χ0) is 14.7. The van der Waals surface area contributed by atoms with E-state index < -0.39 is 5.82 Å². The number of ether oxygens (including phenoxy) is 1. The van der Waals surface area contributed by atoms with E-state index in [0.717, 1.165) is 21.3 Å². The molecule has 0 heterocycles. The van der Waals surface area contributed by atoms with Gasteiger partial charge < -0.3 is 4.74 Å². The third kappa shape index (κ3) is 3.54. The van der Waals surface area contributed by atoms with Crippen molar-refractivity contribution in [3.8, 4) is 5.75 Å². The molecule has 0 N–H and O–H groups in total. The first kappa shape index (κ1) is 15.8. The monoisotopic (exact) mass is 420 g/mol. The van der Waals surface area contributed by atoms with Gasteiger partial charge in [0.05, 0.1) is 20.9 Å². The first-order valence-electron chi connectivity index (χ1n) is 6.04. The fourth-order valence-corrected chi connectivity index (χ4v) is 3.08. The van der Waals surface area contributed by atoms with Crippen LogP contribution in [-0.2, 0) is 0 Å². The Hall–Kier alpha value is -0.580. The molecule has 106 valence electrons. The Morgan fingerprint density at radius 2 is 1.85 bits per heavy atom. The quantitative estimate of drug-likeness (QED) is 0.539. The molecule has 0 saturated carbocycles. The third-order valence-corrected chi connectivity index (χ3v) is 4.75. The lowest BCUT2D eigenvalue weighted by Crippen LogP contribution is -1.96. The molecule has 1 unspecified atom stereocenters. The highest BCUT2D eigenvalue weighted by Gasteiger charge is 2.14. The Morgan fingerprint density at radius 3 is 2.45 bits per heavy atom. The Morgan fingerprint density at radius 1 is 1.20 bits per heavy atom. The Balaban J connectivity index is 2.30. The topological polar surface area (TPSA) is 9.23 Å². The van der Waals surface area contributed by atoms with E-state index in [1.807, 2.05) is 25.1 Å². The molecular weight excluding hydrogens is 410 g/mol. The highest BCUT2D eigenvalue weighted by atomic mass is 79.9. The van der Waals surface area contributed by atoms with Gasteiger partial charge in [-0.05, 0) is 58.2 Å². The molecule has 0 fully saturated rings. The van der Waals surface area contributed by atoms with Crippen molar-refractivity contribution >= 4 is 43.5 Å². The van der Waals surface area contributed by atoms with E-state index in [0.29, 0.717) is 6.61 Å². The summed E-state index contributed by atoms with van der Waals surface area (Å²) in [7, 11) is 0. The van der Waals surface area contributed by atoms with Gasteiger partial charge in [0.1, 0.15) is 11.6 Å². The SMILES string of the molecule is CCOc1ccc(C(Br)c2ccc(F)c(Cl)c2)cc1Br. The average molecular weight is 423 g/mol. The lowest BCUT2D eigenvalue weighted by Gasteiger charge is -2.13. The molecule has 0 aliphatic rings. The summed E-state index contributed by atoms with van der Waals surface area (Å²) >= 11 is 12.9. The molecule has 0 saturated heterocycles. The largest absolute Gasteiger partial charge is 0.493 e. The van der Waals surface area contributed by atoms with E-state index >= 15 is 0 Å². The van der Waals surface area contributed by atoms with Crippen LogP contribution in [0, 0.1) is 5.82 Å². The predicted octanol–water partition coefficient (Wildman–Crippen LogP) is 6.12. The van der Waals surface area contributed by atoms with E-state index in [2.05, 4.69) is 31.9 Å². The van der Waals surface area contributed by atoms with Crippen molar-refractivity contribution in [2.24, 2.45) is 0 Å². The molecule has 0 bridgehead atoms. The zero-order valence-electron chi connectivity index (χ0n) is 10.7. The van der Waals surface area contributed by atoms with Crippen LogP contribution in [0.4, 0.5) is 4.39 Å². The fraction of sp³-hybridized carbons (Fsp3) is 0.200. The summed E-state index contributed by atoms with van der Waals surface area (Å²) < 4.78 is 19.6. The number of hydrogen-bond acceptors (Lipinski definition) is 1. The molecule has 5 heteroatoms. The third-order valence-electron chi connectivity index (χ3n) is 2.78. The molecule has 0 aliphatic carbocycles. The van der Waals surface area contributed by atoms with Gasteiger partial charge in [-0.3, -0.25) is 0 Å². The minimum Gasteiger partial charge on any atom is -0.493 e. The maximum absolute atomic E-state index is 13.2. The number of benzene rings is 2. The van der Waals surface area contributed by atoms with E-state index in [9.17, 15) is 4.39 Å². The summed E-state index contributed by atoms with van der Waals surface area (Å²) in [5, 5.41) is 0.122. The van der Waals surface area contributed by atoms with Crippen LogP contribution in [0.15, 0.2) is 40.9 Å². The van der Waals surface area contributed by atoms with Crippen LogP contribution in [0.25, 0.3) is 0 Å². The molecule has 1 atom stereocenters. The van der Waals surface area contributed by atoms with Crippen LogP contribution < -0.4 is 4.74 Å². The molecular formula is C15H12Br2ClFO. The molecule has 1 nitrogen and oxygen atoms in total. The molecule has 0 amide bonds. The Labute approximate surface area is 139 Å². The molecule has 20 heavy (non-hydrogen) atoms. The van der Waals surface area contributed by atoms with Crippen LogP contribution in [-0.4, -0.2) is 6.61 Å². The van der Waals surface area contributed by atoms with E-state index in [4.69, 9.17) is 16.3 Å². The van der Waals surface area contributed by atoms with Gasteiger partial charge in [-0.15, -0.1) is 0 Å². The number of hydrogen-bond donors (Lipinski definition) is 0. The number of alkyl halides is 1. The normalized spacial score (nSPS) is 12.2. The van der Waals surface area contributed by atoms with Crippen molar-refractivity contribution in [2.45, 2.75) is 11.8 Å². The van der Waals surface area contributed by atoms with Crippen molar-refractivity contribution in [1.82, 2.24) is 0 Å². The van der Waals surface area contributed by atoms with Gasteiger partial charge in [0.25, 0.3) is 0 Å². The van der Waals surface area contributed by atoms with Gasteiger partial charge in [-0.1, -0.05) is 39.7 Å². The van der Waals surface area contributed by atoms with Crippen LogP contribution in [0.2, 0.25) is 5.02 Å². The molecule has 0 radical (unpaired) electrons. The van der Waals surface area contributed by atoms with Crippen molar-refractivity contribution in [3.05, 3.63) is 62.8 Å². The second-order valence-electron chi connectivity index (χ2n) is 4.16. The van der Waals surface area contributed by atoms with Gasteiger partial charge in [0.15, 0.2) is 0 Å². The molecule has 2 aromatic carbocycles. The van der Waals surface area contributed by atoms with E-state index in [1.165, 1.54) is 6.07 Å².